The van der Waals surface area contributed by atoms with Crippen LogP contribution in [0.4, 0.5) is 0 Å². The summed E-state index contributed by atoms with van der Waals surface area (Å²) in [5.41, 5.74) is 7.27. The molecule has 0 amide bonds. The van der Waals surface area contributed by atoms with Crippen LogP contribution in [0.3, 0.4) is 0 Å². The van der Waals surface area contributed by atoms with Gasteiger partial charge >= 0.3 is 0 Å². The Morgan fingerprint density at radius 1 is 1.00 bits per heavy atom. The molecule has 0 atom stereocenters. The van der Waals surface area contributed by atoms with Crippen molar-refractivity contribution in [3.8, 4) is 0 Å². The van der Waals surface area contributed by atoms with Crippen molar-refractivity contribution in [2.24, 2.45) is 0 Å². The molecule has 1 nitrogen and oxygen atoms in total. The Morgan fingerprint density at radius 2 is 1.44 bits per heavy atom. The van der Waals surface area contributed by atoms with E-state index in [1.54, 1.807) is 0 Å². The van der Waals surface area contributed by atoms with Crippen molar-refractivity contribution in [1.29, 1.82) is 0 Å². The van der Waals surface area contributed by atoms with Gasteiger partial charge in [-0.25, -0.2) is 0 Å². The predicted molar refractivity (Wildman–Crippen MR) is 37.6 cm³/mol. The second kappa shape index (κ2) is 6.47. The third-order valence-corrected chi connectivity index (χ3v) is 1.61. The SMILES string of the molecule is [Am].[CH3-].[NH-]C1CCCCC1. The Kier molecular flexibility index (Phi) is 8.67. The van der Waals surface area contributed by atoms with Gasteiger partial charge in [0.2, 0.25) is 0 Å². The molecule has 0 aromatic carbocycles. The predicted octanol–water partition coefficient (Wildman–Crippen LogP) is 2.82. The molecule has 1 aliphatic carbocycles. The summed E-state index contributed by atoms with van der Waals surface area (Å²) < 4.78 is 0. The molecule has 0 unspecified atom stereocenters. The number of rotatable bonds is 0. The summed E-state index contributed by atoms with van der Waals surface area (Å²) in [7, 11) is 0. The third kappa shape index (κ3) is 4.83. The molecule has 1 aliphatic rings. The molecule has 0 bridgehead atoms. The molecule has 57 valence electrons. The van der Waals surface area contributed by atoms with Gasteiger partial charge in [0.05, 0.1) is 0 Å². The van der Waals surface area contributed by atoms with Gasteiger partial charge in [-0.05, 0) is 0 Å². The van der Waals surface area contributed by atoms with Gasteiger partial charge < -0.3 is 13.2 Å². The second-order valence-electron chi connectivity index (χ2n) is 2.33. The minimum Gasteiger partial charge on any atom is -0.675 e. The zero-order valence-corrected chi connectivity index (χ0v) is 9.14. The molecule has 1 fully saturated rings. The number of hydrogen-bond donors (Lipinski definition) is 0. The first-order valence-electron chi connectivity index (χ1n) is 3.11. The molecule has 1 saturated carbocycles. The molecule has 1 rings (SSSR count). The molecule has 0 heterocycles. The van der Waals surface area contributed by atoms with Crippen molar-refractivity contribution in [3.63, 3.8) is 0 Å². The fourth-order valence-electron chi connectivity index (χ4n) is 1.10. The van der Waals surface area contributed by atoms with Crippen molar-refractivity contribution in [3.05, 3.63) is 13.2 Å². The maximum atomic E-state index is 7.27. The maximum absolute atomic E-state index is 7.27. The third-order valence-electron chi connectivity index (χ3n) is 1.61. The van der Waals surface area contributed by atoms with E-state index in [1.807, 2.05) is 0 Å². The van der Waals surface area contributed by atoms with E-state index in [-0.39, 0.29) is 27.8 Å². The topological polar surface area (TPSA) is 23.8 Å². The molecule has 1 N–H and O–H groups in total. The quantitative estimate of drug-likeness (QED) is 0.596. The molecule has 1 radical (unpaired) electrons. The number of hydrogen-bond acceptors (Lipinski definition) is 0. The van der Waals surface area contributed by atoms with Gasteiger partial charge in [0, 0.05) is 14.3 Å². The summed E-state index contributed by atoms with van der Waals surface area (Å²) in [6.07, 6.45) is 6.28. The van der Waals surface area contributed by atoms with Crippen molar-refractivity contribution in [2.75, 3.05) is 0 Å². The van der Waals surface area contributed by atoms with Gasteiger partial charge in [-0.2, -0.15) is 0 Å². The van der Waals surface area contributed by atoms with E-state index in [9.17, 15) is 0 Å². The summed E-state index contributed by atoms with van der Waals surface area (Å²) >= 11 is 0. The first-order valence-corrected chi connectivity index (χ1v) is 3.11. The van der Waals surface area contributed by atoms with Gasteiger partial charge in [-0.15, -0.1) is 6.04 Å². The minimum atomic E-state index is 0. The average Bonchev–Trinajstić information content (AvgIpc) is 1.69. The van der Waals surface area contributed by atoms with Crippen molar-refractivity contribution >= 4 is 0 Å². The number of nitrogens with one attached hydrogen (secondary N) is 1. The summed E-state index contributed by atoms with van der Waals surface area (Å²) in [6.45, 7) is 0. The van der Waals surface area contributed by atoms with Crippen LogP contribution in [0.2, 0.25) is 0 Å². The molecule has 0 aliphatic heterocycles. The average molecular weight is 356 g/mol. The summed E-state index contributed by atoms with van der Waals surface area (Å²) in [6, 6.07) is 0.286. The zero-order chi connectivity index (χ0) is 5.11. The molecule has 0 aromatic heterocycles. The first-order chi connectivity index (χ1) is 3.39. The summed E-state index contributed by atoms with van der Waals surface area (Å²) in [5.74, 6) is 0. The normalized spacial score (nSPS) is 19.7. The Hall–Kier alpha value is 0.350. The Labute approximate surface area is 66.2 Å². The van der Waals surface area contributed by atoms with E-state index < -0.39 is 0 Å². The van der Waals surface area contributed by atoms with Crippen LogP contribution in [0.1, 0.15) is 32.1 Å². The first kappa shape index (κ1) is 12.1. The van der Waals surface area contributed by atoms with E-state index in [4.69, 9.17) is 5.73 Å². The van der Waals surface area contributed by atoms with Gasteiger partial charge in [0.1, 0.15) is 0 Å². The van der Waals surface area contributed by atoms with Crippen LogP contribution in [0.5, 0.6) is 0 Å². The smallest absolute Gasteiger partial charge is 0 e. The van der Waals surface area contributed by atoms with Crippen molar-refractivity contribution in [2.45, 2.75) is 38.1 Å². The van der Waals surface area contributed by atoms with Gasteiger partial charge in [0.25, 0.3) is 0 Å². The van der Waals surface area contributed by atoms with Crippen molar-refractivity contribution in [1.82, 2.24) is 0 Å². The molecular weight excluding hydrogens is 341 g/mol. The van der Waals surface area contributed by atoms with Crippen molar-refractivity contribution < 1.29 is 14.3 Å². The van der Waals surface area contributed by atoms with E-state index in [0.29, 0.717) is 0 Å². The minimum absolute atomic E-state index is 0. The summed E-state index contributed by atoms with van der Waals surface area (Å²) in [5, 5.41) is 0. The Balaban J connectivity index is 0. The maximum Gasteiger partial charge on any atom is 0 e. The Morgan fingerprint density at radius 3 is 1.67 bits per heavy atom. The molecule has 0 saturated heterocycles. The van der Waals surface area contributed by atoms with Crippen LogP contribution < -0.4 is 0 Å². The van der Waals surface area contributed by atoms with Crippen LogP contribution in [0.15, 0.2) is 0 Å². The summed E-state index contributed by atoms with van der Waals surface area (Å²) in [4.78, 5) is 0. The zero-order valence-electron chi connectivity index (χ0n) is 5.99. The molecule has 2 heteroatoms. The van der Waals surface area contributed by atoms with Crippen LogP contribution in [0, 0.1) is 21.7 Å². The van der Waals surface area contributed by atoms with Gasteiger partial charge in [0.15, 0.2) is 0 Å². The second-order valence-corrected chi connectivity index (χ2v) is 2.33. The van der Waals surface area contributed by atoms with E-state index >= 15 is 0 Å². The van der Waals surface area contributed by atoms with Crippen LogP contribution >= 0.6 is 0 Å². The Bertz CT molecular complexity index is 50.9. The molecule has 0 aromatic rings. The fraction of sp³-hybridized carbons (Fsp3) is 0.857. The van der Waals surface area contributed by atoms with E-state index in [1.165, 1.54) is 19.3 Å². The largest absolute Gasteiger partial charge is 0.675 e. The van der Waals surface area contributed by atoms with E-state index in [2.05, 4.69) is 0 Å². The fourth-order valence-corrected chi connectivity index (χ4v) is 1.10. The molecular formula is C7H15AmN-2. The van der Waals surface area contributed by atoms with Crippen LogP contribution in [0.25, 0.3) is 5.73 Å². The monoisotopic (exact) mass is 354 g/mol. The van der Waals surface area contributed by atoms with Crippen LogP contribution in [-0.4, -0.2) is 6.04 Å². The van der Waals surface area contributed by atoms with Gasteiger partial charge in [-0.1, -0.05) is 32.1 Å². The molecule has 9 heavy (non-hydrogen) atoms. The van der Waals surface area contributed by atoms with Gasteiger partial charge in [-0.3, -0.25) is 0 Å². The van der Waals surface area contributed by atoms with E-state index in [0.717, 1.165) is 12.8 Å². The molecule has 0 spiro atoms. The standard InChI is InChI=1S/C6H12N.CH3.Am/c7-6-4-2-1-3-5-6;;/h6-7H,1-5H2;1H3;/q2*-1;. The van der Waals surface area contributed by atoms with Crippen LogP contribution in [-0.2, 0) is 0 Å².